The van der Waals surface area contributed by atoms with E-state index in [4.69, 9.17) is 11.5 Å². The molecule has 1 unspecified atom stereocenters. The van der Waals surface area contributed by atoms with Gasteiger partial charge in [-0.25, -0.2) is 4.79 Å². The van der Waals surface area contributed by atoms with Gasteiger partial charge in [-0.3, -0.25) is 9.59 Å². The van der Waals surface area contributed by atoms with Gasteiger partial charge in [0.1, 0.15) is 6.04 Å². The smallest absolute Gasteiger partial charge is 0.318 e. The van der Waals surface area contributed by atoms with E-state index in [-0.39, 0.29) is 0 Å². The molecular formula is C12H17N3O4S. The van der Waals surface area contributed by atoms with E-state index in [1.165, 1.54) is 16.7 Å². The van der Waals surface area contributed by atoms with E-state index in [1.807, 2.05) is 0 Å². The molecule has 0 aromatic carbocycles. The summed E-state index contributed by atoms with van der Waals surface area (Å²) in [6.07, 6.45) is 4.70. The largest absolute Gasteiger partial charge is 0.481 e. The Morgan fingerprint density at radius 3 is 3.00 bits per heavy atom. The van der Waals surface area contributed by atoms with Crippen molar-refractivity contribution in [3.8, 4) is 12.3 Å². The molecule has 0 spiro atoms. The molecule has 1 aliphatic heterocycles. The van der Waals surface area contributed by atoms with Crippen molar-refractivity contribution in [2.24, 2.45) is 0 Å². The van der Waals surface area contributed by atoms with Gasteiger partial charge in [-0.05, 0) is 0 Å². The molecule has 1 fully saturated rings. The molecule has 8 heteroatoms. The number of aliphatic carboxylic acids is 1. The van der Waals surface area contributed by atoms with Gasteiger partial charge in [-0.2, -0.15) is 0 Å². The molecule has 3 N–H and O–H groups in total. The second kappa shape index (κ2) is 8.32. The fourth-order valence-electron chi connectivity index (χ4n) is 1.79. The van der Waals surface area contributed by atoms with Crippen LogP contribution in [0.15, 0.2) is 0 Å². The molecule has 3 amide bonds. The number of carbonyl (C=O) groups excluding carboxylic acids is 2. The van der Waals surface area contributed by atoms with Gasteiger partial charge in [0, 0.05) is 25.4 Å². The van der Waals surface area contributed by atoms with Gasteiger partial charge >= 0.3 is 12.0 Å². The highest BCUT2D eigenvalue weighted by atomic mass is 32.2. The van der Waals surface area contributed by atoms with Gasteiger partial charge in [-0.15, -0.1) is 18.2 Å². The average Bonchev–Trinajstić information content (AvgIpc) is 2.40. The molecule has 1 atom stereocenters. The number of nitrogens with one attached hydrogen (secondary N) is 2. The molecule has 110 valence electrons. The van der Waals surface area contributed by atoms with Crippen molar-refractivity contribution in [1.29, 1.82) is 0 Å². The SMILES string of the molecule is C#CCSCCNC(=O)N1CCNC(=O)C1CC(=O)O. The summed E-state index contributed by atoms with van der Waals surface area (Å²) in [5.41, 5.74) is 0. The van der Waals surface area contributed by atoms with E-state index in [2.05, 4.69) is 16.6 Å². The average molecular weight is 299 g/mol. The lowest BCUT2D eigenvalue weighted by Crippen LogP contribution is -2.60. The van der Waals surface area contributed by atoms with Crippen LogP contribution in [0.5, 0.6) is 0 Å². The Morgan fingerprint density at radius 1 is 1.60 bits per heavy atom. The lowest BCUT2D eigenvalue weighted by molar-refractivity contribution is -0.142. The summed E-state index contributed by atoms with van der Waals surface area (Å²) in [5, 5.41) is 14.0. The Morgan fingerprint density at radius 2 is 2.35 bits per heavy atom. The predicted octanol–water partition coefficient (Wildman–Crippen LogP) is -0.662. The van der Waals surface area contributed by atoms with E-state index in [9.17, 15) is 14.4 Å². The number of carboxylic acids is 1. The van der Waals surface area contributed by atoms with Crippen LogP contribution in [0.1, 0.15) is 6.42 Å². The Kier molecular flexibility index (Phi) is 6.73. The second-order valence-corrected chi connectivity index (χ2v) is 5.19. The number of carbonyl (C=O) groups is 3. The third-order valence-electron chi connectivity index (χ3n) is 2.67. The lowest BCUT2D eigenvalue weighted by atomic mass is 10.1. The van der Waals surface area contributed by atoms with Crippen molar-refractivity contribution in [2.45, 2.75) is 12.5 Å². The molecule has 1 aliphatic rings. The molecule has 1 heterocycles. The van der Waals surface area contributed by atoms with E-state index < -0.39 is 30.4 Å². The zero-order valence-electron chi connectivity index (χ0n) is 10.9. The van der Waals surface area contributed by atoms with Gasteiger partial charge in [0.15, 0.2) is 0 Å². The second-order valence-electron chi connectivity index (χ2n) is 4.09. The molecule has 0 aromatic rings. The van der Waals surface area contributed by atoms with E-state index in [0.717, 1.165) is 0 Å². The van der Waals surface area contributed by atoms with Crippen LogP contribution in [0, 0.1) is 12.3 Å². The number of hydrogen-bond acceptors (Lipinski definition) is 4. The summed E-state index contributed by atoms with van der Waals surface area (Å²) in [6, 6.07) is -1.38. The molecule has 0 aromatic heterocycles. The first kappa shape index (κ1) is 16.2. The zero-order valence-corrected chi connectivity index (χ0v) is 11.7. The highest BCUT2D eigenvalue weighted by molar-refractivity contribution is 7.99. The number of hydrogen-bond donors (Lipinski definition) is 3. The summed E-state index contributed by atoms with van der Waals surface area (Å²) in [6.45, 7) is 1.05. The normalized spacial score (nSPS) is 18.1. The number of nitrogens with zero attached hydrogens (tertiary/aromatic N) is 1. The molecule has 0 aliphatic carbocycles. The number of piperazine rings is 1. The molecule has 0 saturated carbocycles. The van der Waals surface area contributed by atoms with Crippen molar-refractivity contribution in [3.63, 3.8) is 0 Å². The highest BCUT2D eigenvalue weighted by Crippen LogP contribution is 2.09. The number of carboxylic acid groups (broad SMARTS) is 1. The molecule has 1 saturated heterocycles. The van der Waals surface area contributed by atoms with Gasteiger partial charge in [0.05, 0.1) is 12.2 Å². The molecule has 1 rings (SSSR count). The van der Waals surface area contributed by atoms with E-state index >= 15 is 0 Å². The minimum absolute atomic E-state index is 0.299. The van der Waals surface area contributed by atoms with Gasteiger partial charge in [-0.1, -0.05) is 5.92 Å². The van der Waals surface area contributed by atoms with Crippen molar-refractivity contribution in [3.05, 3.63) is 0 Å². The Hall–Kier alpha value is -1.88. The summed E-state index contributed by atoms with van der Waals surface area (Å²) < 4.78 is 0. The monoisotopic (exact) mass is 299 g/mol. The van der Waals surface area contributed by atoms with Crippen LogP contribution in [-0.4, -0.2) is 65.1 Å². The van der Waals surface area contributed by atoms with Crippen LogP contribution in [0.3, 0.4) is 0 Å². The van der Waals surface area contributed by atoms with Crippen LogP contribution in [-0.2, 0) is 9.59 Å². The first-order valence-electron chi connectivity index (χ1n) is 6.11. The fourth-order valence-corrected chi connectivity index (χ4v) is 2.30. The Bertz CT molecular complexity index is 421. The number of thioether (sulfide) groups is 1. The van der Waals surface area contributed by atoms with Gasteiger partial charge in [0.2, 0.25) is 5.91 Å². The van der Waals surface area contributed by atoms with Crippen LogP contribution in [0.2, 0.25) is 0 Å². The Labute approximate surface area is 121 Å². The third-order valence-corrected chi connectivity index (χ3v) is 3.53. The standard InChI is InChI=1S/C12H17N3O4S/c1-2-6-20-7-4-14-12(19)15-5-3-13-11(18)9(15)8-10(16)17/h1,9H,3-8H2,(H,13,18)(H,14,19)(H,16,17). The van der Waals surface area contributed by atoms with E-state index in [0.29, 0.717) is 31.1 Å². The van der Waals surface area contributed by atoms with Crippen molar-refractivity contribution >= 4 is 29.7 Å². The molecule has 0 radical (unpaired) electrons. The first-order chi connectivity index (χ1) is 9.56. The quantitative estimate of drug-likeness (QED) is 0.447. The molecular weight excluding hydrogens is 282 g/mol. The summed E-state index contributed by atoms with van der Waals surface area (Å²) in [5.74, 6) is 2.16. The highest BCUT2D eigenvalue weighted by Gasteiger charge is 2.34. The van der Waals surface area contributed by atoms with Crippen LogP contribution < -0.4 is 10.6 Å². The number of terminal acetylenes is 1. The summed E-state index contributed by atoms with van der Waals surface area (Å²) >= 11 is 1.51. The molecule has 7 nitrogen and oxygen atoms in total. The number of urea groups is 1. The minimum atomic E-state index is -1.12. The zero-order chi connectivity index (χ0) is 15.0. The lowest BCUT2D eigenvalue weighted by Gasteiger charge is -2.34. The van der Waals surface area contributed by atoms with Crippen LogP contribution in [0.25, 0.3) is 0 Å². The minimum Gasteiger partial charge on any atom is -0.481 e. The van der Waals surface area contributed by atoms with Gasteiger partial charge < -0.3 is 20.6 Å². The number of amides is 3. The third kappa shape index (κ3) is 5.01. The van der Waals surface area contributed by atoms with Crippen LogP contribution in [0.4, 0.5) is 4.79 Å². The number of rotatable bonds is 6. The maximum Gasteiger partial charge on any atom is 0.318 e. The molecule has 20 heavy (non-hydrogen) atoms. The molecule has 0 bridgehead atoms. The fraction of sp³-hybridized carbons (Fsp3) is 0.583. The Balaban J connectivity index is 2.48. The van der Waals surface area contributed by atoms with Crippen molar-refractivity contribution in [1.82, 2.24) is 15.5 Å². The predicted molar refractivity (Wildman–Crippen MR) is 75.3 cm³/mol. The van der Waals surface area contributed by atoms with E-state index in [1.54, 1.807) is 0 Å². The topological polar surface area (TPSA) is 98.7 Å². The first-order valence-corrected chi connectivity index (χ1v) is 7.27. The summed E-state index contributed by atoms with van der Waals surface area (Å²) in [4.78, 5) is 35.6. The van der Waals surface area contributed by atoms with Crippen molar-refractivity contribution in [2.75, 3.05) is 31.1 Å². The maximum absolute atomic E-state index is 12.0. The maximum atomic E-state index is 12.0. The summed E-state index contributed by atoms with van der Waals surface area (Å²) in [7, 11) is 0. The van der Waals surface area contributed by atoms with Crippen LogP contribution >= 0.6 is 11.8 Å². The van der Waals surface area contributed by atoms with Crippen molar-refractivity contribution < 1.29 is 19.5 Å². The van der Waals surface area contributed by atoms with Gasteiger partial charge in [0.25, 0.3) is 0 Å².